The van der Waals surface area contributed by atoms with Crippen LogP contribution in [-0.2, 0) is 16.1 Å². The second kappa shape index (κ2) is 4.97. The second-order valence-corrected chi connectivity index (χ2v) is 4.94. The normalized spacial score (nSPS) is 15.9. The molecule has 1 unspecified atom stereocenters. The lowest BCUT2D eigenvalue weighted by Gasteiger charge is -2.33. The van der Waals surface area contributed by atoms with Gasteiger partial charge in [-0.1, -0.05) is 22.9 Å². The van der Waals surface area contributed by atoms with E-state index in [9.17, 15) is 9.59 Å². The number of cyclic esters (lactones) is 1. The Morgan fingerprint density at radius 2 is 2.33 bits per heavy atom. The Morgan fingerprint density at radius 1 is 1.61 bits per heavy atom. The number of hydrogen-bond donors (Lipinski definition) is 1. The zero-order chi connectivity index (χ0) is 13.3. The number of primary amides is 1. The van der Waals surface area contributed by atoms with E-state index in [4.69, 9.17) is 10.5 Å². The summed E-state index contributed by atoms with van der Waals surface area (Å²) in [5, 5.41) is 0. The monoisotopic (exact) mass is 312 g/mol. The first kappa shape index (κ1) is 12.9. The molecule has 0 spiro atoms. The van der Waals surface area contributed by atoms with Crippen LogP contribution >= 0.6 is 15.9 Å². The number of anilines is 1. The molecule has 6 heteroatoms. The summed E-state index contributed by atoms with van der Waals surface area (Å²) in [4.78, 5) is 24.6. The van der Waals surface area contributed by atoms with Crippen molar-refractivity contribution in [2.24, 2.45) is 5.73 Å². The fourth-order valence-electron chi connectivity index (χ4n) is 2.02. The van der Waals surface area contributed by atoms with Crippen molar-refractivity contribution in [2.45, 2.75) is 26.0 Å². The van der Waals surface area contributed by atoms with Gasteiger partial charge in [-0.2, -0.15) is 0 Å². The number of fused-ring (bicyclic) bond motifs is 1. The van der Waals surface area contributed by atoms with Crippen molar-refractivity contribution in [1.82, 2.24) is 0 Å². The van der Waals surface area contributed by atoms with Crippen LogP contribution in [0.3, 0.4) is 0 Å². The van der Waals surface area contributed by atoms with Crippen LogP contribution in [0.4, 0.5) is 10.5 Å². The van der Waals surface area contributed by atoms with Crippen molar-refractivity contribution in [3.05, 3.63) is 28.2 Å². The largest absolute Gasteiger partial charge is 0.444 e. The van der Waals surface area contributed by atoms with E-state index in [2.05, 4.69) is 15.9 Å². The maximum atomic E-state index is 11.8. The van der Waals surface area contributed by atoms with Crippen LogP contribution in [0.2, 0.25) is 0 Å². The minimum Gasteiger partial charge on any atom is -0.444 e. The molecule has 0 aliphatic carbocycles. The fraction of sp³-hybridized carbons (Fsp3) is 0.333. The number of halogens is 1. The number of amides is 2. The lowest BCUT2D eigenvalue weighted by atomic mass is 10.1. The topological polar surface area (TPSA) is 72.6 Å². The van der Waals surface area contributed by atoms with Gasteiger partial charge in [-0.3, -0.25) is 9.69 Å². The molecule has 18 heavy (non-hydrogen) atoms. The summed E-state index contributed by atoms with van der Waals surface area (Å²) in [5.41, 5.74) is 6.86. The summed E-state index contributed by atoms with van der Waals surface area (Å²) in [5.74, 6) is -0.537. The first-order valence-electron chi connectivity index (χ1n) is 5.58. The Balaban J connectivity index is 2.47. The second-order valence-electron chi connectivity index (χ2n) is 4.02. The van der Waals surface area contributed by atoms with E-state index in [-0.39, 0.29) is 6.61 Å². The van der Waals surface area contributed by atoms with E-state index >= 15 is 0 Å². The molecule has 1 aliphatic rings. The fourth-order valence-corrected chi connectivity index (χ4v) is 2.43. The summed E-state index contributed by atoms with van der Waals surface area (Å²) in [7, 11) is 0. The lowest BCUT2D eigenvalue weighted by Crippen LogP contribution is -2.50. The van der Waals surface area contributed by atoms with Crippen LogP contribution in [-0.4, -0.2) is 18.0 Å². The summed E-state index contributed by atoms with van der Waals surface area (Å²) < 4.78 is 5.96. The zero-order valence-electron chi connectivity index (χ0n) is 9.85. The van der Waals surface area contributed by atoms with Crippen molar-refractivity contribution in [3.8, 4) is 0 Å². The van der Waals surface area contributed by atoms with Gasteiger partial charge in [0.15, 0.2) is 0 Å². The molecule has 0 saturated carbocycles. The first-order chi connectivity index (χ1) is 8.54. The molecule has 0 fully saturated rings. The quantitative estimate of drug-likeness (QED) is 0.929. The highest BCUT2D eigenvalue weighted by Gasteiger charge is 2.34. The first-order valence-corrected chi connectivity index (χ1v) is 6.37. The Labute approximate surface area is 113 Å². The number of carbonyl (C=O) groups excluding carboxylic acids is 2. The van der Waals surface area contributed by atoms with Gasteiger partial charge in [0.2, 0.25) is 5.91 Å². The molecule has 1 aliphatic heterocycles. The molecule has 2 rings (SSSR count). The van der Waals surface area contributed by atoms with Gasteiger partial charge in [-0.05, 0) is 24.6 Å². The van der Waals surface area contributed by atoms with Gasteiger partial charge in [0.25, 0.3) is 0 Å². The maximum Gasteiger partial charge on any atom is 0.415 e. The van der Waals surface area contributed by atoms with Crippen molar-refractivity contribution in [2.75, 3.05) is 4.90 Å². The van der Waals surface area contributed by atoms with Gasteiger partial charge in [0.05, 0.1) is 5.69 Å². The third-order valence-corrected chi connectivity index (χ3v) is 3.37. The predicted molar refractivity (Wildman–Crippen MR) is 70.1 cm³/mol. The summed E-state index contributed by atoms with van der Waals surface area (Å²) >= 11 is 3.36. The van der Waals surface area contributed by atoms with Gasteiger partial charge < -0.3 is 10.5 Å². The molecule has 0 aromatic heterocycles. The molecule has 5 nitrogen and oxygen atoms in total. The summed E-state index contributed by atoms with van der Waals surface area (Å²) in [6.07, 6.45) is -0.0876. The third-order valence-electron chi connectivity index (χ3n) is 2.88. The van der Waals surface area contributed by atoms with Gasteiger partial charge in [-0.25, -0.2) is 4.79 Å². The van der Waals surface area contributed by atoms with E-state index in [1.165, 1.54) is 4.90 Å². The number of nitrogens with two attached hydrogens (primary N) is 1. The Morgan fingerprint density at radius 3 is 2.94 bits per heavy atom. The molecular weight excluding hydrogens is 300 g/mol. The molecule has 0 radical (unpaired) electrons. The molecule has 1 heterocycles. The maximum absolute atomic E-state index is 11.8. The van der Waals surface area contributed by atoms with E-state index < -0.39 is 18.0 Å². The molecule has 0 saturated heterocycles. The Hall–Kier alpha value is -1.56. The number of rotatable bonds is 3. The van der Waals surface area contributed by atoms with E-state index in [0.717, 1.165) is 10.0 Å². The molecule has 2 N–H and O–H groups in total. The highest BCUT2D eigenvalue weighted by atomic mass is 79.9. The number of benzene rings is 1. The summed E-state index contributed by atoms with van der Waals surface area (Å²) in [6.45, 7) is 2.01. The highest BCUT2D eigenvalue weighted by Crippen LogP contribution is 2.31. The number of nitrogens with zero attached hydrogens (tertiary/aromatic N) is 1. The smallest absolute Gasteiger partial charge is 0.415 e. The molecular formula is C12H13BrN2O3. The molecule has 1 aromatic rings. The minimum atomic E-state index is -0.683. The highest BCUT2D eigenvalue weighted by molar-refractivity contribution is 9.10. The molecule has 2 amide bonds. The van der Waals surface area contributed by atoms with Crippen molar-refractivity contribution in [3.63, 3.8) is 0 Å². The van der Waals surface area contributed by atoms with E-state index in [0.29, 0.717) is 12.1 Å². The van der Waals surface area contributed by atoms with Gasteiger partial charge in [-0.15, -0.1) is 0 Å². The van der Waals surface area contributed by atoms with Crippen LogP contribution in [0.25, 0.3) is 0 Å². The van der Waals surface area contributed by atoms with Crippen molar-refractivity contribution >= 4 is 33.6 Å². The number of carbonyl (C=O) groups is 2. The van der Waals surface area contributed by atoms with Crippen LogP contribution in [0, 0.1) is 0 Å². The third kappa shape index (κ3) is 2.20. The number of hydrogen-bond acceptors (Lipinski definition) is 3. The van der Waals surface area contributed by atoms with Gasteiger partial charge in [0, 0.05) is 10.0 Å². The SMILES string of the molecule is CCC(C(N)=O)N1C(=O)OCc2cc(Br)ccc21. The minimum absolute atomic E-state index is 0.208. The van der Waals surface area contributed by atoms with E-state index in [1.54, 1.807) is 13.0 Å². The van der Waals surface area contributed by atoms with Crippen LogP contribution in [0.1, 0.15) is 18.9 Å². The standard InChI is InChI=1S/C12H13BrN2O3/c1-2-9(11(14)16)15-10-4-3-8(13)5-7(10)6-18-12(15)17/h3-5,9H,2,6H2,1H3,(H2,14,16). The average Bonchev–Trinajstić information content (AvgIpc) is 2.32. The molecule has 0 bridgehead atoms. The molecule has 1 aromatic carbocycles. The zero-order valence-corrected chi connectivity index (χ0v) is 11.4. The Kier molecular flexibility index (Phi) is 3.56. The van der Waals surface area contributed by atoms with Crippen LogP contribution in [0.15, 0.2) is 22.7 Å². The predicted octanol–water partition coefficient (Wildman–Crippen LogP) is 2.17. The average molecular weight is 313 g/mol. The van der Waals surface area contributed by atoms with Crippen molar-refractivity contribution in [1.29, 1.82) is 0 Å². The van der Waals surface area contributed by atoms with Crippen LogP contribution in [0.5, 0.6) is 0 Å². The van der Waals surface area contributed by atoms with Crippen LogP contribution < -0.4 is 10.6 Å². The van der Waals surface area contributed by atoms with Crippen molar-refractivity contribution < 1.29 is 14.3 Å². The molecule has 96 valence electrons. The van der Waals surface area contributed by atoms with Gasteiger partial charge >= 0.3 is 6.09 Å². The van der Waals surface area contributed by atoms with E-state index in [1.807, 2.05) is 12.1 Å². The summed E-state index contributed by atoms with van der Waals surface area (Å²) in [6, 6.07) is 4.78. The molecule has 1 atom stereocenters. The number of ether oxygens (including phenoxy) is 1. The lowest BCUT2D eigenvalue weighted by molar-refractivity contribution is -0.119. The Bertz CT molecular complexity index is 504. The van der Waals surface area contributed by atoms with Gasteiger partial charge in [0.1, 0.15) is 12.6 Å².